The van der Waals surface area contributed by atoms with E-state index in [1.54, 1.807) is 0 Å². The first kappa shape index (κ1) is 17.7. The van der Waals surface area contributed by atoms with Gasteiger partial charge in [-0.05, 0) is 38.2 Å². The first-order valence-electron chi connectivity index (χ1n) is 9.08. The smallest absolute Gasteiger partial charge is 0.223 e. The van der Waals surface area contributed by atoms with Crippen molar-refractivity contribution < 1.29 is 14.1 Å². The Morgan fingerprint density at radius 3 is 2.92 bits per heavy atom. The number of amides is 1. The van der Waals surface area contributed by atoms with Crippen molar-refractivity contribution >= 4 is 5.91 Å². The average Bonchev–Trinajstić information content (AvgIpc) is 3.08. The summed E-state index contributed by atoms with van der Waals surface area (Å²) in [4.78, 5) is 14.6. The van der Waals surface area contributed by atoms with E-state index >= 15 is 0 Å². The second-order valence-corrected chi connectivity index (χ2v) is 6.60. The maximum Gasteiger partial charge on any atom is 0.223 e. The third kappa shape index (κ3) is 4.92. The van der Waals surface area contributed by atoms with Crippen molar-refractivity contribution in [2.45, 2.75) is 51.7 Å². The zero-order valence-corrected chi connectivity index (χ0v) is 14.8. The minimum absolute atomic E-state index is 0.0592. The van der Waals surface area contributed by atoms with Crippen molar-refractivity contribution in [1.29, 1.82) is 0 Å². The lowest BCUT2D eigenvalue weighted by Gasteiger charge is -2.34. The predicted octanol–water partition coefficient (Wildman–Crippen LogP) is 4.03. The van der Waals surface area contributed by atoms with Crippen LogP contribution in [0.25, 0.3) is 0 Å². The van der Waals surface area contributed by atoms with Crippen LogP contribution in [0.3, 0.4) is 0 Å². The molecule has 5 nitrogen and oxygen atoms in total. The molecular weight excluding hydrogens is 316 g/mol. The molecule has 1 fully saturated rings. The minimum Gasteiger partial charge on any atom is -0.377 e. The largest absolute Gasteiger partial charge is 0.377 e. The van der Waals surface area contributed by atoms with Crippen molar-refractivity contribution in [1.82, 2.24) is 10.1 Å². The van der Waals surface area contributed by atoms with Crippen molar-refractivity contribution in [3.05, 3.63) is 53.4 Å². The molecule has 0 saturated carbocycles. The zero-order chi connectivity index (χ0) is 17.5. The molecule has 5 heteroatoms. The van der Waals surface area contributed by atoms with Crippen LogP contribution >= 0.6 is 0 Å². The van der Waals surface area contributed by atoms with E-state index in [0.29, 0.717) is 19.6 Å². The van der Waals surface area contributed by atoms with E-state index in [4.69, 9.17) is 9.26 Å². The number of hydrogen-bond donors (Lipinski definition) is 0. The molecule has 0 unspecified atom stereocenters. The SMILES string of the molecule is Cc1cc([C@@H]2CCCCN2C(=O)CCCOCc2ccccc2)no1. The number of ether oxygens (including phenoxy) is 1. The van der Waals surface area contributed by atoms with Crippen molar-refractivity contribution in [2.24, 2.45) is 0 Å². The highest BCUT2D eigenvalue weighted by Gasteiger charge is 2.29. The molecule has 0 bridgehead atoms. The third-order valence-corrected chi connectivity index (χ3v) is 4.60. The molecule has 1 amide bonds. The summed E-state index contributed by atoms with van der Waals surface area (Å²) in [6.45, 7) is 3.89. The molecular formula is C20H26N2O3. The Hall–Kier alpha value is -2.14. The van der Waals surface area contributed by atoms with Gasteiger partial charge in [0.2, 0.25) is 5.91 Å². The van der Waals surface area contributed by atoms with Crippen LogP contribution in [0.2, 0.25) is 0 Å². The van der Waals surface area contributed by atoms with Gasteiger partial charge in [0.1, 0.15) is 11.5 Å². The average molecular weight is 342 g/mol. The molecule has 0 N–H and O–H groups in total. The van der Waals surface area contributed by atoms with Gasteiger partial charge in [-0.1, -0.05) is 35.5 Å². The van der Waals surface area contributed by atoms with Gasteiger partial charge in [0.25, 0.3) is 0 Å². The number of aromatic nitrogens is 1. The van der Waals surface area contributed by atoms with Gasteiger partial charge in [-0.15, -0.1) is 0 Å². The van der Waals surface area contributed by atoms with Crippen LogP contribution in [0.5, 0.6) is 0 Å². The molecule has 134 valence electrons. The summed E-state index contributed by atoms with van der Waals surface area (Å²) in [6, 6.07) is 12.1. The normalized spacial score (nSPS) is 17.6. The lowest BCUT2D eigenvalue weighted by Crippen LogP contribution is -2.38. The van der Waals surface area contributed by atoms with E-state index in [1.807, 2.05) is 48.2 Å². The van der Waals surface area contributed by atoms with Gasteiger partial charge in [-0.2, -0.15) is 0 Å². The molecule has 2 heterocycles. The van der Waals surface area contributed by atoms with Crippen LogP contribution in [0, 0.1) is 6.92 Å². The highest BCUT2D eigenvalue weighted by molar-refractivity contribution is 5.76. The maximum atomic E-state index is 12.6. The van der Waals surface area contributed by atoms with E-state index in [1.165, 1.54) is 0 Å². The molecule has 1 aromatic carbocycles. The van der Waals surface area contributed by atoms with Gasteiger partial charge < -0.3 is 14.2 Å². The molecule has 1 aliphatic rings. The van der Waals surface area contributed by atoms with Crippen LogP contribution in [-0.4, -0.2) is 29.1 Å². The molecule has 0 aliphatic carbocycles. The van der Waals surface area contributed by atoms with Crippen LogP contribution in [0.4, 0.5) is 0 Å². The number of nitrogens with zero attached hydrogens (tertiary/aromatic N) is 2. The topological polar surface area (TPSA) is 55.6 Å². The van der Waals surface area contributed by atoms with Crippen LogP contribution in [-0.2, 0) is 16.1 Å². The van der Waals surface area contributed by atoms with Gasteiger partial charge in [0.05, 0.1) is 12.6 Å². The van der Waals surface area contributed by atoms with Crippen molar-refractivity contribution in [2.75, 3.05) is 13.2 Å². The highest BCUT2D eigenvalue weighted by atomic mass is 16.5. The Bertz CT molecular complexity index is 669. The Balaban J connectivity index is 1.44. The fourth-order valence-electron chi connectivity index (χ4n) is 3.31. The number of hydrogen-bond acceptors (Lipinski definition) is 4. The molecule has 2 aromatic rings. The minimum atomic E-state index is 0.0592. The number of carbonyl (C=O) groups is 1. The van der Waals surface area contributed by atoms with E-state index < -0.39 is 0 Å². The maximum absolute atomic E-state index is 12.6. The summed E-state index contributed by atoms with van der Waals surface area (Å²) in [6.07, 6.45) is 4.40. The van der Waals surface area contributed by atoms with Crippen molar-refractivity contribution in [3.63, 3.8) is 0 Å². The van der Waals surface area contributed by atoms with Gasteiger partial charge in [0.15, 0.2) is 0 Å². The number of carbonyl (C=O) groups excluding carboxylic acids is 1. The third-order valence-electron chi connectivity index (χ3n) is 4.60. The first-order chi connectivity index (χ1) is 12.2. The Labute approximate surface area is 148 Å². The Morgan fingerprint density at radius 1 is 1.32 bits per heavy atom. The second-order valence-electron chi connectivity index (χ2n) is 6.60. The monoisotopic (exact) mass is 342 g/mol. The summed E-state index contributed by atoms with van der Waals surface area (Å²) in [5.41, 5.74) is 2.04. The van der Waals surface area contributed by atoms with Crippen LogP contribution < -0.4 is 0 Å². The Kier molecular flexibility index (Phi) is 6.23. The quantitative estimate of drug-likeness (QED) is 0.713. The first-order valence-corrected chi connectivity index (χ1v) is 9.08. The number of benzene rings is 1. The summed E-state index contributed by atoms with van der Waals surface area (Å²) in [5.74, 6) is 0.982. The Morgan fingerprint density at radius 2 is 2.16 bits per heavy atom. The van der Waals surface area contributed by atoms with Crippen LogP contribution in [0.15, 0.2) is 40.9 Å². The molecule has 1 aromatic heterocycles. The van der Waals surface area contributed by atoms with Gasteiger partial charge in [0, 0.05) is 25.6 Å². The molecule has 0 spiro atoms. The van der Waals surface area contributed by atoms with Gasteiger partial charge >= 0.3 is 0 Å². The number of likely N-dealkylation sites (tertiary alicyclic amines) is 1. The summed E-state index contributed by atoms with van der Waals surface area (Å²) < 4.78 is 10.9. The summed E-state index contributed by atoms with van der Waals surface area (Å²) in [7, 11) is 0. The molecule has 3 rings (SSSR count). The summed E-state index contributed by atoms with van der Waals surface area (Å²) in [5, 5.41) is 4.12. The molecule has 1 aliphatic heterocycles. The van der Waals surface area contributed by atoms with Crippen LogP contribution in [0.1, 0.15) is 55.2 Å². The van der Waals surface area contributed by atoms with E-state index in [-0.39, 0.29) is 11.9 Å². The highest BCUT2D eigenvalue weighted by Crippen LogP contribution is 2.31. The second kappa shape index (κ2) is 8.81. The van der Waals surface area contributed by atoms with Gasteiger partial charge in [-0.3, -0.25) is 4.79 Å². The number of rotatable bonds is 7. The zero-order valence-electron chi connectivity index (χ0n) is 14.8. The summed E-state index contributed by atoms with van der Waals surface area (Å²) >= 11 is 0. The number of aryl methyl sites for hydroxylation is 1. The fourth-order valence-corrected chi connectivity index (χ4v) is 3.31. The molecule has 1 atom stereocenters. The van der Waals surface area contributed by atoms with E-state index in [2.05, 4.69) is 5.16 Å². The lowest BCUT2D eigenvalue weighted by atomic mass is 9.98. The van der Waals surface area contributed by atoms with Gasteiger partial charge in [-0.25, -0.2) is 0 Å². The fraction of sp³-hybridized carbons (Fsp3) is 0.500. The number of piperidine rings is 1. The molecule has 1 saturated heterocycles. The van der Waals surface area contributed by atoms with E-state index in [9.17, 15) is 4.79 Å². The lowest BCUT2D eigenvalue weighted by molar-refractivity contribution is -0.135. The predicted molar refractivity (Wildman–Crippen MR) is 94.9 cm³/mol. The standard InChI is InChI=1S/C20H26N2O3/c1-16-14-18(21-25-16)19-10-5-6-12-22(19)20(23)11-7-13-24-15-17-8-3-2-4-9-17/h2-4,8-9,14,19H,5-7,10-13,15H2,1H3/t19-/m0/s1. The molecule has 25 heavy (non-hydrogen) atoms. The van der Waals surface area contributed by atoms with Crippen molar-refractivity contribution in [3.8, 4) is 0 Å². The van der Waals surface area contributed by atoms with E-state index in [0.717, 1.165) is 49.2 Å². The molecule has 0 radical (unpaired) electrons.